The Bertz CT molecular complexity index is 149. The number of rotatable bonds is 3. The predicted molar refractivity (Wildman–Crippen MR) is 54.3 cm³/mol. The second-order valence-electron chi connectivity index (χ2n) is 3.99. The molecule has 0 saturated carbocycles. The molecule has 1 aliphatic rings. The van der Waals surface area contributed by atoms with E-state index in [1.165, 1.54) is 44.5 Å². The maximum atomic E-state index is 4.05. The van der Waals surface area contributed by atoms with Gasteiger partial charge in [0.05, 0.1) is 0 Å². The number of likely N-dealkylation sites (tertiary alicyclic amines) is 1. The van der Waals surface area contributed by atoms with Crippen LogP contribution in [0.1, 0.15) is 33.1 Å². The van der Waals surface area contributed by atoms with Crippen LogP contribution in [0.4, 0.5) is 0 Å². The van der Waals surface area contributed by atoms with Gasteiger partial charge in [0.15, 0.2) is 0 Å². The van der Waals surface area contributed by atoms with E-state index in [9.17, 15) is 0 Å². The van der Waals surface area contributed by atoms with Crippen LogP contribution in [-0.2, 0) is 0 Å². The lowest BCUT2D eigenvalue weighted by atomic mass is 9.92. The molecule has 0 spiro atoms. The first-order valence-electron chi connectivity index (χ1n) is 5.11. The topological polar surface area (TPSA) is 3.24 Å². The number of hydrogen-bond acceptors (Lipinski definition) is 1. The van der Waals surface area contributed by atoms with Gasteiger partial charge in [-0.3, -0.25) is 0 Å². The molecule has 1 rings (SSSR count). The van der Waals surface area contributed by atoms with Crippen molar-refractivity contribution in [2.75, 3.05) is 19.6 Å². The smallest absolute Gasteiger partial charge is 0.00468 e. The summed E-state index contributed by atoms with van der Waals surface area (Å²) in [6, 6.07) is 0. The van der Waals surface area contributed by atoms with E-state index in [2.05, 4.69) is 25.3 Å². The average Bonchev–Trinajstić information content (AvgIpc) is 2.05. The van der Waals surface area contributed by atoms with E-state index >= 15 is 0 Å². The summed E-state index contributed by atoms with van der Waals surface area (Å²) in [5.74, 6) is 0.769. The van der Waals surface area contributed by atoms with Gasteiger partial charge >= 0.3 is 0 Å². The quantitative estimate of drug-likeness (QED) is 0.584. The highest BCUT2D eigenvalue weighted by Gasteiger charge is 2.18. The summed E-state index contributed by atoms with van der Waals surface area (Å²) in [4.78, 5) is 2.57. The monoisotopic (exact) mass is 167 g/mol. The molecule has 0 aliphatic carbocycles. The molecule has 1 aliphatic heterocycles. The fourth-order valence-corrected chi connectivity index (χ4v) is 1.98. The van der Waals surface area contributed by atoms with Crippen molar-refractivity contribution in [1.29, 1.82) is 0 Å². The molecule has 1 nitrogen and oxygen atoms in total. The lowest BCUT2D eigenvalue weighted by molar-refractivity contribution is 0.192. The normalized spacial score (nSPS) is 25.7. The third kappa shape index (κ3) is 2.63. The Balaban J connectivity index is 2.35. The summed E-state index contributed by atoms with van der Waals surface area (Å²) < 4.78 is 0. The van der Waals surface area contributed by atoms with Crippen molar-refractivity contribution in [2.24, 2.45) is 5.92 Å². The summed E-state index contributed by atoms with van der Waals surface area (Å²) in [5.41, 5.74) is 1.37. The Morgan fingerprint density at radius 2 is 2.33 bits per heavy atom. The molecule has 0 amide bonds. The first-order valence-corrected chi connectivity index (χ1v) is 5.11. The van der Waals surface area contributed by atoms with Crippen LogP contribution >= 0.6 is 0 Å². The van der Waals surface area contributed by atoms with Crippen LogP contribution in [0.15, 0.2) is 12.2 Å². The third-order valence-electron chi connectivity index (χ3n) is 2.74. The average molecular weight is 167 g/mol. The number of nitrogens with zero attached hydrogens (tertiary/aromatic N) is 1. The Hall–Kier alpha value is -0.300. The highest BCUT2D eigenvalue weighted by atomic mass is 15.1. The van der Waals surface area contributed by atoms with E-state index in [1.54, 1.807) is 0 Å². The minimum Gasteiger partial charge on any atom is -0.303 e. The van der Waals surface area contributed by atoms with E-state index in [0.717, 1.165) is 5.92 Å². The van der Waals surface area contributed by atoms with Gasteiger partial charge in [-0.25, -0.2) is 0 Å². The Labute approximate surface area is 76.5 Å². The van der Waals surface area contributed by atoms with Gasteiger partial charge in [-0.2, -0.15) is 0 Å². The number of hydrogen-bond donors (Lipinski definition) is 0. The first-order chi connectivity index (χ1) is 5.74. The van der Waals surface area contributed by atoms with Crippen LogP contribution in [0.25, 0.3) is 0 Å². The van der Waals surface area contributed by atoms with Gasteiger partial charge in [-0.1, -0.05) is 19.1 Å². The molecule has 1 saturated heterocycles. The van der Waals surface area contributed by atoms with Crippen LogP contribution in [0.5, 0.6) is 0 Å². The van der Waals surface area contributed by atoms with E-state index < -0.39 is 0 Å². The van der Waals surface area contributed by atoms with E-state index in [4.69, 9.17) is 0 Å². The van der Waals surface area contributed by atoms with Crippen molar-refractivity contribution in [1.82, 2.24) is 4.90 Å². The zero-order chi connectivity index (χ0) is 8.97. The van der Waals surface area contributed by atoms with Crippen LogP contribution in [0.3, 0.4) is 0 Å². The summed E-state index contributed by atoms with van der Waals surface area (Å²) in [5, 5.41) is 0. The van der Waals surface area contributed by atoms with Crippen molar-refractivity contribution in [3.05, 3.63) is 12.2 Å². The molecule has 1 heterocycles. The molecule has 70 valence electrons. The zero-order valence-electron chi connectivity index (χ0n) is 8.47. The molecule has 1 fully saturated rings. The van der Waals surface area contributed by atoms with Gasteiger partial charge in [-0.05, 0) is 45.2 Å². The fraction of sp³-hybridized carbons (Fsp3) is 0.818. The molecule has 0 radical (unpaired) electrons. The summed E-state index contributed by atoms with van der Waals surface area (Å²) in [6.07, 6.45) is 4.00. The number of piperidine rings is 1. The molecule has 1 atom stereocenters. The van der Waals surface area contributed by atoms with Gasteiger partial charge in [0.2, 0.25) is 0 Å². The maximum Gasteiger partial charge on any atom is 0.00468 e. The lowest BCUT2D eigenvalue weighted by Gasteiger charge is -2.32. The Morgan fingerprint density at radius 1 is 1.58 bits per heavy atom. The largest absolute Gasteiger partial charge is 0.303 e. The highest BCUT2D eigenvalue weighted by Crippen LogP contribution is 2.21. The Kier molecular flexibility index (Phi) is 3.80. The van der Waals surface area contributed by atoms with Crippen molar-refractivity contribution in [2.45, 2.75) is 33.1 Å². The third-order valence-corrected chi connectivity index (χ3v) is 2.74. The molecule has 0 N–H and O–H groups in total. The van der Waals surface area contributed by atoms with Crippen molar-refractivity contribution in [3.8, 4) is 0 Å². The van der Waals surface area contributed by atoms with Crippen molar-refractivity contribution < 1.29 is 0 Å². The van der Waals surface area contributed by atoms with Gasteiger partial charge in [-0.15, -0.1) is 0 Å². The minimum absolute atomic E-state index is 0.769. The molecular weight excluding hydrogens is 146 g/mol. The maximum absolute atomic E-state index is 4.05. The standard InChI is InChI=1S/C11H21N/c1-4-7-12-8-5-6-11(9-12)10(2)3/h11H,2,4-9H2,1,3H3. The van der Waals surface area contributed by atoms with Crippen LogP contribution in [-0.4, -0.2) is 24.5 Å². The Morgan fingerprint density at radius 3 is 2.92 bits per heavy atom. The van der Waals surface area contributed by atoms with Crippen molar-refractivity contribution >= 4 is 0 Å². The van der Waals surface area contributed by atoms with E-state index in [-0.39, 0.29) is 0 Å². The summed E-state index contributed by atoms with van der Waals surface area (Å²) in [6.45, 7) is 12.3. The summed E-state index contributed by atoms with van der Waals surface area (Å²) >= 11 is 0. The first kappa shape index (κ1) is 9.79. The minimum atomic E-state index is 0.769. The summed E-state index contributed by atoms with van der Waals surface area (Å²) in [7, 11) is 0. The van der Waals surface area contributed by atoms with Gasteiger partial charge in [0, 0.05) is 6.54 Å². The molecule has 1 heteroatoms. The van der Waals surface area contributed by atoms with Gasteiger partial charge < -0.3 is 4.90 Å². The van der Waals surface area contributed by atoms with Crippen LogP contribution in [0.2, 0.25) is 0 Å². The zero-order valence-corrected chi connectivity index (χ0v) is 8.47. The highest BCUT2D eigenvalue weighted by molar-refractivity contribution is 4.98. The fourth-order valence-electron chi connectivity index (χ4n) is 1.98. The second-order valence-corrected chi connectivity index (χ2v) is 3.99. The van der Waals surface area contributed by atoms with Gasteiger partial charge in [0.1, 0.15) is 0 Å². The predicted octanol–water partition coefficient (Wildman–Crippen LogP) is 2.68. The second kappa shape index (κ2) is 4.66. The van der Waals surface area contributed by atoms with Crippen molar-refractivity contribution in [3.63, 3.8) is 0 Å². The van der Waals surface area contributed by atoms with E-state index in [1.807, 2.05) is 0 Å². The van der Waals surface area contributed by atoms with E-state index in [0.29, 0.717) is 0 Å². The molecule has 12 heavy (non-hydrogen) atoms. The van der Waals surface area contributed by atoms with Crippen LogP contribution < -0.4 is 0 Å². The van der Waals surface area contributed by atoms with Gasteiger partial charge in [0.25, 0.3) is 0 Å². The lowest BCUT2D eigenvalue weighted by Crippen LogP contribution is -2.36. The molecule has 0 aromatic rings. The molecule has 1 unspecified atom stereocenters. The van der Waals surface area contributed by atoms with Crippen LogP contribution in [0, 0.1) is 5.92 Å². The molecule has 0 aromatic carbocycles. The molecule has 0 aromatic heterocycles. The molecular formula is C11H21N. The molecule has 0 bridgehead atoms. The SMILES string of the molecule is C=C(C)C1CCCN(CCC)C1.